The van der Waals surface area contributed by atoms with E-state index in [0.29, 0.717) is 0 Å². The zero-order chi connectivity index (χ0) is 18.5. The molecule has 23 heavy (non-hydrogen) atoms. The molecule has 0 saturated carbocycles. The van der Waals surface area contributed by atoms with E-state index in [0.717, 1.165) is 10.7 Å². The Morgan fingerprint density at radius 3 is 1.74 bits per heavy atom. The van der Waals surface area contributed by atoms with Gasteiger partial charge in [0.05, 0.1) is 0 Å². The van der Waals surface area contributed by atoms with Crippen LogP contribution in [0.3, 0.4) is 0 Å². The molecule has 0 atom stereocenters. The third-order valence-electron chi connectivity index (χ3n) is 1.72. The Hall–Kier alpha value is -1.61. The van der Waals surface area contributed by atoms with E-state index >= 15 is 0 Å². The van der Waals surface area contributed by atoms with Crippen LogP contribution in [0.2, 0.25) is 0 Å². The minimum Gasteiger partial charge on any atom is -0.421 e. The summed E-state index contributed by atoms with van der Waals surface area (Å²) in [6.45, 7) is 4.48. The van der Waals surface area contributed by atoms with Crippen LogP contribution in [0.15, 0.2) is 31.4 Å². The van der Waals surface area contributed by atoms with Crippen LogP contribution >= 0.6 is 0 Å². The molecule has 0 aliphatic heterocycles. The van der Waals surface area contributed by atoms with Gasteiger partial charge in [0.2, 0.25) is 6.33 Å². The fourth-order valence-corrected chi connectivity index (χ4v) is 2.51. The average molecular weight is 389 g/mol. The van der Waals surface area contributed by atoms with Gasteiger partial charge in [0.15, 0.2) is 20.0 Å². The maximum Gasteiger partial charge on any atom is 0.480 e. The van der Waals surface area contributed by atoms with Crippen LogP contribution in [0, 0.1) is 0 Å². The summed E-state index contributed by atoms with van der Waals surface area (Å²) in [6, 6.07) is 0. The molecule has 1 N–H and O–H groups in total. The Morgan fingerprint density at radius 1 is 1.04 bits per heavy atom. The normalized spacial score (nSPS) is 13.1. The topological polar surface area (TPSA) is 102 Å². The van der Waals surface area contributed by atoms with E-state index in [1.54, 1.807) is 0 Å². The highest BCUT2D eigenvalue weighted by molar-refractivity contribution is 8.13. The first-order chi connectivity index (χ1) is 10.1. The number of rotatable bonds is 4. The second-order valence-electron chi connectivity index (χ2n) is 3.51. The lowest BCUT2D eigenvalue weighted by Crippen LogP contribution is -2.30. The lowest BCUT2D eigenvalue weighted by atomic mass is 10.6. The van der Waals surface area contributed by atoms with E-state index in [1.165, 1.54) is 0 Å². The summed E-state index contributed by atoms with van der Waals surface area (Å²) in [4.78, 5) is 2.93. The van der Waals surface area contributed by atoms with Gasteiger partial charge in [-0.15, -0.1) is 0 Å². The number of nitrogens with zero attached hydrogens (tertiary/aromatic N) is 2. The van der Waals surface area contributed by atoms with Crippen LogP contribution in [-0.2, 0) is 26.6 Å². The molecule has 0 unspecified atom stereocenters. The van der Waals surface area contributed by atoms with Crippen molar-refractivity contribution < 1.29 is 47.7 Å². The van der Waals surface area contributed by atoms with Crippen LogP contribution in [0.1, 0.15) is 0 Å². The minimum atomic E-state index is -6.72. The Bertz CT molecular complexity index is 664. The van der Waals surface area contributed by atoms with Crippen LogP contribution in [0.25, 0.3) is 4.13 Å². The van der Waals surface area contributed by atoms with E-state index in [2.05, 4.69) is 11.6 Å². The van der Waals surface area contributed by atoms with Gasteiger partial charge in [0.1, 0.15) is 18.9 Å². The molecule has 0 amide bonds. The number of nitrogens with one attached hydrogen (secondary N) is 1. The summed E-state index contributed by atoms with van der Waals surface area (Å²) in [5, 5.41) is 0. The molecule has 0 aliphatic rings. The van der Waals surface area contributed by atoms with Gasteiger partial charge in [0.25, 0.3) is 0 Å². The third kappa shape index (κ3) is 6.57. The number of hydrogen-bond acceptors (Lipinski definition) is 4. The molecule has 1 aromatic heterocycles. The Morgan fingerprint density at radius 2 is 1.48 bits per heavy atom. The first-order valence-corrected chi connectivity index (χ1v) is 8.01. The van der Waals surface area contributed by atoms with Gasteiger partial charge in [-0.05, 0) is 0 Å². The van der Waals surface area contributed by atoms with E-state index < -0.39 is 31.1 Å². The van der Waals surface area contributed by atoms with Crippen LogP contribution in [-0.4, -0.2) is 32.8 Å². The molecule has 0 saturated heterocycles. The van der Waals surface area contributed by atoms with Crippen LogP contribution in [0.5, 0.6) is 0 Å². The highest BCUT2D eigenvalue weighted by Crippen LogP contribution is 2.36. The second-order valence-corrected chi connectivity index (χ2v) is 6.94. The number of H-pyrrole nitrogens is 1. The van der Waals surface area contributed by atoms with Gasteiger partial charge < -0.3 is 4.13 Å². The molecular formula is C8H9F6N3O4S2. The van der Waals surface area contributed by atoms with Gasteiger partial charge in [-0.1, -0.05) is 12.7 Å². The predicted molar refractivity (Wildman–Crippen MR) is 64.5 cm³/mol. The molecule has 0 radical (unpaired) electrons. The second kappa shape index (κ2) is 7.31. The van der Waals surface area contributed by atoms with E-state index in [9.17, 15) is 43.2 Å². The maximum atomic E-state index is 11.4. The summed E-state index contributed by atoms with van der Waals surface area (Å²) in [5.74, 6) is 0. The summed E-state index contributed by atoms with van der Waals surface area (Å²) in [6.07, 6.45) is 7.58. The monoisotopic (exact) mass is 389 g/mol. The smallest absolute Gasteiger partial charge is 0.421 e. The van der Waals surface area contributed by atoms with Crippen molar-refractivity contribution in [3.8, 4) is 0 Å². The third-order valence-corrected chi connectivity index (χ3v) is 4.46. The zero-order valence-corrected chi connectivity index (χ0v) is 12.5. The first-order valence-electron chi connectivity index (χ1n) is 5.13. The SMILES string of the molecule is C=CC[n+]1cc[nH]c1.O=S(=O)([N-]S(=O)(=O)C(F)(F)F)C(F)(F)F. The average Bonchev–Trinajstić information content (AvgIpc) is 2.78. The van der Waals surface area contributed by atoms with Crippen molar-refractivity contribution in [2.75, 3.05) is 0 Å². The van der Waals surface area contributed by atoms with Crippen molar-refractivity contribution in [1.82, 2.24) is 4.98 Å². The van der Waals surface area contributed by atoms with Gasteiger partial charge in [0, 0.05) is 0 Å². The molecule has 134 valence electrons. The molecule has 1 heterocycles. The van der Waals surface area contributed by atoms with Crippen molar-refractivity contribution in [1.29, 1.82) is 0 Å². The minimum absolute atomic E-state index is 0.778. The number of aromatic amines is 1. The molecule has 0 aromatic carbocycles. The summed E-state index contributed by atoms with van der Waals surface area (Å²) in [5.41, 5.74) is -12.4. The highest BCUT2D eigenvalue weighted by Gasteiger charge is 2.46. The summed E-state index contributed by atoms with van der Waals surface area (Å²) >= 11 is 0. The van der Waals surface area contributed by atoms with E-state index in [4.69, 9.17) is 0 Å². The molecule has 15 heteroatoms. The molecule has 1 rings (SSSR count). The Labute approximate surface area is 126 Å². The highest BCUT2D eigenvalue weighted by atomic mass is 32.3. The van der Waals surface area contributed by atoms with Crippen molar-refractivity contribution in [2.45, 2.75) is 17.6 Å². The Balaban J connectivity index is 0.000000502. The quantitative estimate of drug-likeness (QED) is 0.479. The summed E-state index contributed by atoms with van der Waals surface area (Å²) < 4.78 is 111. The lowest BCUT2D eigenvalue weighted by Gasteiger charge is -2.22. The number of allylic oxidation sites excluding steroid dienone is 1. The fraction of sp³-hybridized carbons (Fsp3) is 0.375. The van der Waals surface area contributed by atoms with Crippen molar-refractivity contribution in [3.63, 3.8) is 0 Å². The molecule has 0 spiro atoms. The molecule has 1 aromatic rings. The molecule has 0 aliphatic carbocycles. The predicted octanol–water partition coefficient (Wildman–Crippen LogP) is 1.55. The molecular weight excluding hydrogens is 380 g/mol. The van der Waals surface area contributed by atoms with E-state index in [1.807, 2.05) is 29.4 Å². The first kappa shape index (κ1) is 21.4. The van der Waals surface area contributed by atoms with Gasteiger partial charge >= 0.3 is 11.0 Å². The lowest BCUT2D eigenvalue weighted by molar-refractivity contribution is -0.685. The van der Waals surface area contributed by atoms with Crippen molar-refractivity contribution in [3.05, 3.63) is 35.5 Å². The fourth-order valence-electron chi connectivity index (χ4n) is 0.797. The number of imidazole rings is 1. The molecule has 0 fully saturated rings. The number of aromatic nitrogens is 2. The zero-order valence-electron chi connectivity index (χ0n) is 10.8. The standard InChI is InChI=1S/C6H8N2.C2F6NO4S2/c1-2-4-8-5-3-7-6-8;3-1(4,5)14(10,11)9-15(12,13)2(6,7)8/h2-3,5-6H,1,4H2;/q;-1/p+1. The van der Waals surface area contributed by atoms with Gasteiger partial charge in [-0.25, -0.2) is 21.4 Å². The Kier molecular flexibility index (Phi) is 6.80. The van der Waals surface area contributed by atoms with Crippen LogP contribution in [0.4, 0.5) is 26.3 Å². The molecule has 7 nitrogen and oxygen atoms in total. The van der Waals surface area contributed by atoms with Gasteiger partial charge in [-0.3, -0.25) is 4.98 Å². The maximum absolute atomic E-state index is 11.4. The van der Waals surface area contributed by atoms with E-state index in [-0.39, 0.29) is 0 Å². The van der Waals surface area contributed by atoms with Crippen molar-refractivity contribution >= 4 is 20.0 Å². The molecule has 0 bridgehead atoms. The summed E-state index contributed by atoms with van der Waals surface area (Å²) in [7, 11) is -13.4. The van der Waals surface area contributed by atoms with Crippen molar-refractivity contribution in [2.24, 2.45) is 0 Å². The largest absolute Gasteiger partial charge is 0.480 e. The number of sulfonamides is 2. The number of halogens is 6. The number of hydrogen-bond donors (Lipinski definition) is 1. The number of alkyl halides is 6. The van der Waals surface area contributed by atoms with Crippen LogP contribution < -0.4 is 4.57 Å². The van der Waals surface area contributed by atoms with Gasteiger partial charge in [-0.2, -0.15) is 26.3 Å².